The lowest BCUT2D eigenvalue weighted by atomic mass is 10.1. The molecular weight excluding hydrogens is 323 g/mol. The van der Waals surface area contributed by atoms with E-state index in [0.29, 0.717) is 5.33 Å². The molecule has 0 fully saturated rings. The highest BCUT2D eigenvalue weighted by Crippen LogP contribution is 2.27. The molecule has 0 amide bonds. The van der Waals surface area contributed by atoms with E-state index in [1.165, 1.54) is 6.07 Å². The fourth-order valence-electron chi connectivity index (χ4n) is 1.99. The standard InChI is InChI=1S/C16H16BrFO2/c1-11-6-7-15(19-2)13(8-11)10-20-16-12(9-17)4-3-5-14(16)18/h3-8H,9-10H2,1-2H3. The Balaban J connectivity index is 2.23. The number of para-hydroxylation sites is 1. The molecule has 2 aromatic carbocycles. The van der Waals surface area contributed by atoms with Crippen molar-refractivity contribution < 1.29 is 13.9 Å². The van der Waals surface area contributed by atoms with Crippen LogP contribution in [-0.4, -0.2) is 7.11 Å². The van der Waals surface area contributed by atoms with E-state index in [1.807, 2.05) is 31.2 Å². The zero-order valence-electron chi connectivity index (χ0n) is 11.5. The first kappa shape index (κ1) is 14.9. The van der Waals surface area contributed by atoms with Crippen LogP contribution in [0, 0.1) is 12.7 Å². The third-order valence-electron chi connectivity index (χ3n) is 3.00. The van der Waals surface area contributed by atoms with Gasteiger partial charge in [0.1, 0.15) is 12.4 Å². The summed E-state index contributed by atoms with van der Waals surface area (Å²) in [5, 5.41) is 0.547. The van der Waals surface area contributed by atoms with Crippen LogP contribution < -0.4 is 9.47 Å². The number of rotatable bonds is 5. The molecule has 0 aliphatic carbocycles. The third kappa shape index (κ3) is 3.31. The van der Waals surface area contributed by atoms with Gasteiger partial charge in [0.05, 0.1) is 7.11 Å². The molecule has 20 heavy (non-hydrogen) atoms. The van der Waals surface area contributed by atoms with Gasteiger partial charge < -0.3 is 9.47 Å². The van der Waals surface area contributed by atoms with E-state index in [4.69, 9.17) is 9.47 Å². The Morgan fingerprint density at radius 3 is 2.65 bits per heavy atom. The summed E-state index contributed by atoms with van der Waals surface area (Å²) in [6, 6.07) is 10.7. The number of hydrogen-bond acceptors (Lipinski definition) is 2. The smallest absolute Gasteiger partial charge is 0.165 e. The predicted octanol–water partition coefficient (Wildman–Crippen LogP) is 4.62. The summed E-state index contributed by atoms with van der Waals surface area (Å²) in [7, 11) is 1.61. The second kappa shape index (κ2) is 6.75. The van der Waals surface area contributed by atoms with Gasteiger partial charge in [-0.15, -0.1) is 0 Å². The Morgan fingerprint density at radius 1 is 1.15 bits per heavy atom. The van der Waals surface area contributed by atoms with Gasteiger partial charge in [-0.25, -0.2) is 4.39 Å². The van der Waals surface area contributed by atoms with Crippen LogP contribution in [0.2, 0.25) is 0 Å². The zero-order chi connectivity index (χ0) is 14.5. The second-order valence-corrected chi connectivity index (χ2v) is 5.03. The number of aryl methyl sites for hydroxylation is 1. The highest BCUT2D eigenvalue weighted by Gasteiger charge is 2.11. The van der Waals surface area contributed by atoms with Gasteiger partial charge in [0.2, 0.25) is 0 Å². The Bertz CT molecular complexity index is 599. The molecule has 4 heteroatoms. The maximum Gasteiger partial charge on any atom is 0.165 e. The van der Waals surface area contributed by atoms with Gasteiger partial charge >= 0.3 is 0 Å². The average molecular weight is 339 g/mol. The van der Waals surface area contributed by atoms with Crippen molar-refractivity contribution >= 4 is 15.9 Å². The first-order chi connectivity index (χ1) is 9.65. The summed E-state index contributed by atoms with van der Waals surface area (Å²) in [6.45, 7) is 2.27. The van der Waals surface area contributed by atoms with Gasteiger partial charge in [0.25, 0.3) is 0 Å². The van der Waals surface area contributed by atoms with E-state index in [0.717, 1.165) is 22.4 Å². The summed E-state index contributed by atoms with van der Waals surface area (Å²) >= 11 is 3.34. The van der Waals surface area contributed by atoms with Crippen LogP contribution in [-0.2, 0) is 11.9 Å². The van der Waals surface area contributed by atoms with Gasteiger partial charge in [-0.3, -0.25) is 0 Å². The van der Waals surface area contributed by atoms with E-state index >= 15 is 0 Å². The Kier molecular flexibility index (Phi) is 5.01. The molecule has 2 rings (SSSR count). The first-order valence-corrected chi connectivity index (χ1v) is 7.37. The summed E-state index contributed by atoms with van der Waals surface area (Å²) in [4.78, 5) is 0. The van der Waals surface area contributed by atoms with Crippen molar-refractivity contribution in [3.05, 3.63) is 58.9 Å². The number of benzene rings is 2. The van der Waals surface area contributed by atoms with Gasteiger partial charge in [-0.05, 0) is 25.1 Å². The Labute approximate surface area is 126 Å². The summed E-state index contributed by atoms with van der Waals surface area (Å²) in [5.41, 5.74) is 2.80. The van der Waals surface area contributed by atoms with Crippen LogP contribution in [0.5, 0.6) is 11.5 Å². The normalized spacial score (nSPS) is 10.4. The lowest BCUT2D eigenvalue weighted by molar-refractivity contribution is 0.280. The van der Waals surface area contributed by atoms with Crippen molar-refractivity contribution in [2.45, 2.75) is 18.9 Å². The molecule has 2 nitrogen and oxygen atoms in total. The molecule has 0 saturated carbocycles. The molecule has 0 saturated heterocycles. The molecule has 0 bridgehead atoms. The van der Waals surface area contributed by atoms with Crippen molar-refractivity contribution in [1.29, 1.82) is 0 Å². The van der Waals surface area contributed by atoms with Crippen molar-refractivity contribution in [1.82, 2.24) is 0 Å². The molecule has 0 spiro atoms. The number of hydrogen-bond donors (Lipinski definition) is 0. The number of alkyl halides is 1. The molecule has 106 valence electrons. The fraction of sp³-hybridized carbons (Fsp3) is 0.250. The van der Waals surface area contributed by atoms with E-state index < -0.39 is 0 Å². The van der Waals surface area contributed by atoms with Crippen molar-refractivity contribution in [2.75, 3.05) is 7.11 Å². The van der Waals surface area contributed by atoms with E-state index in [-0.39, 0.29) is 18.2 Å². The second-order valence-electron chi connectivity index (χ2n) is 4.47. The van der Waals surface area contributed by atoms with Crippen LogP contribution in [0.3, 0.4) is 0 Å². The molecule has 0 atom stereocenters. The Morgan fingerprint density at radius 2 is 1.95 bits per heavy atom. The third-order valence-corrected chi connectivity index (χ3v) is 3.60. The highest BCUT2D eigenvalue weighted by molar-refractivity contribution is 9.08. The van der Waals surface area contributed by atoms with Crippen LogP contribution in [0.15, 0.2) is 36.4 Å². The lowest BCUT2D eigenvalue weighted by Gasteiger charge is -2.13. The number of halogens is 2. The van der Waals surface area contributed by atoms with Gasteiger partial charge in [-0.1, -0.05) is 39.7 Å². The molecule has 0 radical (unpaired) electrons. The lowest BCUT2D eigenvalue weighted by Crippen LogP contribution is -2.02. The molecular formula is C16H16BrFO2. The number of ether oxygens (including phenoxy) is 2. The molecule has 0 N–H and O–H groups in total. The maximum absolute atomic E-state index is 13.8. The molecule has 2 aromatic rings. The molecule has 0 aliphatic rings. The van der Waals surface area contributed by atoms with Crippen LogP contribution in [0.4, 0.5) is 4.39 Å². The van der Waals surface area contributed by atoms with E-state index in [1.54, 1.807) is 13.2 Å². The van der Waals surface area contributed by atoms with Crippen LogP contribution in [0.1, 0.15) is 16.7 Å². The quantitative estimate of drug-likeness (QED) is 0.741. The van der Waals surface area contributed by atoms with Crippen molar-refractivity contribution in [2.24, 2.45) is 0 Å². The Hall–Kier alpha value is -1.55. The molecule has 0 aromatic heterocycles. The van der Waals surface area contributed by atoms with E-state index in [2.05, 4.69) is 15.9 Å². The van der Waals surface area contributed by atoms with Gasteiger partial charge in [0.15, 0.2) is 11.6 Å². The minimum absolute atomic E-state index is 0.270. The van der Waals surface area contributed by atoms with Gasteiger partial charge in [0, 0.05) is 16.5 Å². The minimum atomic E-state index is -0.353. The summed E-state index contributed by atoms with van der Waals surface area (Å²) < 4.78 is 24.8. The maximum atomic E-state index is 13.8. The zero-order valence-corrected chi connectivity index (χ0v) is 13.0. The first-order valence-electron chi connectivity index (χ1n) is 6.25. The van der Waals surface area contributed by atoms with Crippen LogP contribution in [0.25, 0.3) is 0 Å². The SMILES string of the molecule is COc1ccc(C)cc1COc1c(F)cccc1CBr. The predicted molar refractivity (Wildman–Crippen MR) is 81.1 cm³/mol. The molecule has 0 unspecified atom stereocenters. The van der Waals surface area contributed by atoms with Crippen molar-refractivity contribution in [3.8, 4) is 11.5 Å². The van der Waals surface area contributed by atoms with Crippen molar-refractivity contribution in [3.63, 3.8) is 0 Å². The fourth-order valence-corrected chi connectivity index (χ4v) is 2.43. The highest BCUT2D eigenvalue weighted by atomic mass is 79.9. The molecule has 0 aliphatic heterocycles. The van der Waals surface area contributed by atoms with Crippen LogP contribution >= 0.6 is 15.9 Å². The van der Waals surface area contributed by atoms with E-state index in [9.17, 15) is 4.39 Å². The summed E-state index contributed by atoms with van der Waals surface area (Å²) in [5.74, 6) is 0.675. The summed E-state index contributed by atoms with van der Waals surface area (Å²) in [6.07, 6.45) is 0. The monoisotopic (exact) mass is 338 g/mol. The van der Waals surface area contributed by atoms with Gasteiger partial charge in [-0.2, -0.15) is 0 Å². The average Bonchev–Trinajstić information content (AvgIpc) is 2.46. The molecule has 0 heterocycles. The largest absolute Gasteiger partial charge is 0.496 e. The topological polar surface area (TPSA) is 18.5 Å². The number of methoxy groups -OCH3 is 1. The minimum Gasteiger partial charge on any atom is -0.496 e.